The van der Waals surface area contributed by atoms with Crippen LogP contribution in [-0.4, -0.2) is 28.5 Å². The molecular formula is C21H19FN2O3. The zero-order valence-electron chi connectivity index (χ0n) is 14.7. The second kappa shape index (κ2) is 7.23. The van der Waals surface area contributed by atoms with Crippen molar-refractivity contribution in [3.05, 3.63) is 76.5 Å². The summed E-state index contributed by atoms with van der Waals surface area (Å²) in [4.78, 5) is 26.3. The van der Waals surface area contributed by atoms with Crippen LogP contribution in [0, 0.1) is 5.82 Å². The number of hydrogen-bond donors (Lipinski definition) is 0. The van der Waals surface area contributed by atoms with Crippen LogP contribution in [0.2, 0.25) is 0 Å². The topological polar surface area (TPSA) is 55.5 Å². The molecule has 0 atom stereocenters. The molecule has 6 heteroatoms. The number of aryl methyl sites for hydroxylation is 1. The molecule has 1 aliphatic heterocycles. The van der Waals surface area contributed by atoms with Crippen molar-refractivity contribution in [2.75, 3.05) is 13.1 Å². The minimum absolute atomic E-state index is 0.00147. The third kappa shape index (κ3) is 3.56. The maximum atomic E-state index is 13.0. The Morgan fingerprint density at radius 1 is 1.11 bits per heavy atom. The van der Waals surface area contributed by atoms with Gasteiger partial charge in [0, 0.05) is 26.1 Å². The van der Waals surface area contributed by atoms with E-state index in [4.69, 9.17) is 4.42 Å². The monoisotopic (exact) mass is 366 g/mol. The molecule has 138 valence electrons. The fourth-order valence-corrected chi connectivity index (χ4v) is 3.41. The highest BCUT2D eigenvalue weighted by Gasteiger charge is 2.19. The first-order chi connectivity index (χ1) is 13.1. The van der Waals surface area contributed by atoms with E-state index >= 15 is 0 Å². The van der Waals surface area contributed by atoms with E-state index < -0.39 is 5.76 Å². The number of benzene rings is 2. The average Bonchev–Trinajstić information content (AvgIpc) is 3.02. The van der Waals surface area contributed by atoms with Gasteiger partial charge in [0.05, 0.1) is 5.52 Å². The third-order valence-electron chi connectivity index (χ3n) is 4.90. The predicted octanol–water partition coefficient (Wildman–Crippen LogP) is 3.44. The Kier molecular flexibility index (Phi) is 4.62. The molecule has 4 rings (SSSR count). The summed E-state index contributed by atoms with van der Waals surface area (Å²) in [6.45, 7) is 1.43. The van der Waals surface area contributed by atoms with Gasteiger partial charge in [-0.25, -0.2) is 9.18 Å². The highest BCUT2D eigenvalue weighted by atomic mass is 19.1. The van der Waals surface area contributed by atoms with Gasteiger partial charge in [0.25, 0.3) is 0 Å². The van der Waals surface area contributed by atoms with Crippen molar-refractivity contribution < 1.29 is 13.6 Å². The Bertz CT molecular complexity index is 1060. The van der Waals surface area contributed by atoms with Gasteiger partial charge in [-0.05, 0) is 41.8 Å². The van der Waals surface area contributed by atoms with Crippen molar-refractivity contribution in [2.24, 2.45) is 0 Å². The highest BCUT2D eigenvalue weighted by Crippen LogP contribution is 2.23. The van der Waals surface area contributed by atoms with E-state index in [1.165, 1.54) is 16.7 Å². The van der Waals surface area contributed by atoms with Gasteiger partial charge in [-0.1, -0.05) is 30.3 Å². The van der Waals surface area contributed by atoms with Gasteiger partial charge in [0.15, 0.2) is 5.58 Å². The van der Waals surface area contributed by atoms with Gasteiger partial charge < -0.3 is 9.32 Å². The number of aromatic nitrogens is 1. The van der Waals surface area contributed by atoms with E-state index in [2.05, 4.69) is 0 Å². The summed E-state index contributed by atoms with van der Waals surface area (Å²) in [7, 11) is 0. The van der Waals surface area contributed by atoms with Crippen LogP contribution in [0.25, 0.3) is 16.7 Å². The normalized spacial score (nSPS) is 14.4. The number of nitrogens with zero attached hydrogens (tertiary/aromatic N) is 2. The first kappa shape index (κ1) is 17.3. The first-order valence-electron chi connectivity index (χ1n) is 8.93. The third-order valence-corrected chi connectivity index (χ3v) is 4.90. The molecule has 1 aliphatic rings. The van der Waals surface area contributed by atoms with Gasteiger partial charge in [0.1, 0.15) is 5.82 Å². The molecule has 27 heavy (non-hydrogen) atoms. The fraction of sp³-hybridized carbons (Fsp3) is 0.238. The Morgan fingerprint density at radius 2 is 1.89 bits per heavy atom. The summed E-state index contributed by atoms with van der Waals surface area (Å²) in [6, 6.07) is 13.6. The first-order valence-corrected chi connectivity index (χ1v) is 8.93. The molecule has 2 aromatic carbocycles. The molecule has 5 nitrogen and oxygen atoms in total. The minimum atomic E-state index is -0.443. The molecular weight excluding hydrogens is 347 g/mol. The molecule has 2 heterocycles. The fourth-order valence-electron chi connectivity index (χ4n) is 3.41. The number of fused-ring (bicyclic) bond motifs is 1. The molecule has 0 saturated heterocycles. The van der Waals surface area contributed by atoms with Gasteiger partial charge in [0.2, 0.25) is 5.91 Å². The van der Waals surface area contributed by atoms with E-state index in [9.17, 15) is 14.0 Å². The molecule has 3 aromatic rings. The highest BCUT2D eigenvalue weighted by molar-refractivity contribution is 5.79. The molecule has 1 aromatic heterocycles. The summed E-state index contributed by atoms with van der Waals surface area (Å²) in [6.07, 6.45) is 2.98. The Balaban J connectivity index is 1.40. The van der Waals surface area contributed by atoms with E-state index in [1.54, 1.807) is 29.2 Å². The maximum Gasteiger partial charge on any atom is 0.419 e. The van der Waals surface area contributed by atoms with Gasteiger partial charge >= 0.3 is 5.76 Å². The van der Waals surface area contributed by atoms with Crippen LogP contribution in [-0.2, 0) is 11.3 Å². The number of amides is 1. The van der Waals surface area contributed by atoms with Crippen LogP contribution in [0.3, 0.4) is 0 Å². The van der Waals surface area contributed by atoms with Gasteiger partial charge in [-0.3, -0.25) is 9.36 Å². The van der Waals surface area contributed by atoms with Crippen molar-refractivity contribution in [1.82, 2.24) is 9.47 Å². The molecule has 0 radical (unpaired) electrons. The molecule has 0 bridgehead atoms. The van der Waals surface area contributed by atoms with Crippen molar-refractivity contribution >= 4 is 22.6 Å². The van der Waals surface area contributed by atoms with Crippen LogP contribution < -0.4 is 5.76 Å². The Morgan fingerprint density at radius 3 is 2.63 bits per heavy atom. The van der Waals surface area contributed by atoms with Crippen LogP contribution in [0.5, 0.6) is 0 Å². The van der Waals surface area contributed by atoms with Crippen molar-refractivity contribution in [3.63, 3.8) is 0 Å². The summed E-state index contributed by atoms with van der Waals surface area (Å²) >= 11 is 0. The van der Waals surface area contributed by atoms with E-state index in [1.807, 2.05) is 18.2 Å². The molecule has 1 amide bonds. The molecule has 0 aliphatic carbocycles. The van der Waals surface area contributed by atoms with Crippen molar-refractivity contribution in [2.45, 2.75) is 19.4 Å². The lowest BCUT2D eigenvalue weighted by molar-refractivity contribution is -0.131. The number of carbonyl (C=O) groups excluding carboxylic acids is 1. The Labute approximate surface area is 155 Å². The zero-order valence-corrected chi connectivity index (χ0v) is 14.7. The quantitative estimate of drug-likeness (QED) is 0.711. The van der Waals surface area contributed by atoms with Gasteiger partial charge in [-0.15, -0.1) is 0 Å². The number of hydrogen-bond acceptors (Lipinski definition) is 3. The number of para-hydroxylation sites is 2. The van der Waals surface area contributed by atoms with Gasteiger partial charge in [-0.2, -0.15) is 0 Å². The van der Waals surface area contributed by atoms with Crippen LogP contribution in [0.15, 0.2) is 63.8 Å². The summed E-state index contributed by atoms with van der Waals surface area (Å²) in [5, 5.41) is 0. The number of rotatable bonds is 4. The van der Waals surface area contributed by atoms with Crippen LogP contribution >= 0.6 is 0 Å². The van der Waals surface area contributed by atoms with Crippen LogP contribution in [0.4, 0.5) is 4.39 Å². The van der Waals surface area contributed by atoms with E-state index in [0.717, 1.165) is 17.6 Å². The number of oxazole rings is 1. The zero-order chi connectivity index (χ0) is 18.8. The predicted molar refractivity (Wildman–Crippen MR) is 101 cm³/mol. The molecule has 0 fully saturated rings. The summed E-state index contributed by atoms with van der Waals surface area (Å²) in [5.41, 5.74) is 3.34. The lowest BCUT2D eigenvalue weighted by Gasteiger charge is -2.26. The molecule has 0 N–H and O–H groups in total. The maximum absolute atomic E-state index is 13.0. The second-order valence-corrected chi connectivity index (χ2v) is 6.56. The van der Waals surface area contributed by atoms with Crippen LogP contribution in [0.1, 0.15) is 18.4 Å². The lowest BCUT2D eigenvalue weighted by atomic mass is 9.99. The largest absolute Gasteiger partial charge is 0.419 e. The second-order valence-electron chi connectivity index (χ2n) is 6.56. The SMILES string of the molecule is O=C(CCn1c(=O)oc2ccccc21)N1CC=C(c2ccc(F)cc2)CC1. The number of halogens is 1. The molecule has 0 saturated carbocycles. The molecule has 0 spiro atoms. The average molecular weight is 366 g/mol. The van der Waals surface area contributed by atoms with Crippen molar-refractivity contribution in [1.29, 1.82) is 0 Å². The Hall–Kier alpha value is -3.15. The van der Waals surface area contributed by atoms with E-state index in [-0.39, 0.29) is 18.1 Å². The minimum Gasteiger partial charge on any atom is -0.408 e. The standard InChI is InChI=1S/C21H19FN2O3/c22-17-7-5-15(6-8-17)16-9-12-23(13-10-16)20(25)11-14-24-18-3-1-2-4-19(18)27-21(24)26/h1-9H,10-14H2. The summed E-state index contributed by atoms with van der Waals surface area (Å²) < 4.78 is 19.7. The smallest absolute Gasteiger partial charge is 0.408 e. The summed E-state index contributed by atoms with van der Waals surface area (Å²) in [5.74, 6) is -0.697. The van der Waals surface area contributed by atoms with E-state index in [0.29, 0.717) is 30.7 Å². The lowest BCUT2D eigenvalue weighted by Crippen LogP contribution is -2.35. The molecule has 0 unspecified atom stereocenters. The number of carbonyl (C=O) groups is 1. The van der Waals surface area contributed by atoms with Crippen molar-refractivity contribution in [3.8, 4) is 0 Å².